The summed E-state index contributed by atoms with van der Waals surface area (Å²) < 4.78 is 22.0. The van der Waals surface area contributed by atoms with Gasteiger partial charge in [-0.05, 0) is 62.7 Å². The van der Waals surface area contributed by atoms with Crippen LogP contribution < -0.4 is 14.2 Å². The number of rotatable bonds is 9. The Morgan fingerprint density at radius 1 is 1.03 bits per heavy atom. The number of aliphatic hydroxyl groups is 1. The summed E-state index contributed by atoms with van der Waals surface area (Å²) in [7, 11) is 4.50. The average molecular weight is 485 g/mol. The monoisotopic (exact) mass is 484 g/mol. The number of ether oxygens (including phenoxy) is 3. The highest BCUT2D eigenvalue weighted by Gasteiger charge is 2.45. The Kier molecular flexibility index (Phi) is 7.35. The number of aryl methyl sites for hydroxylation is 1. The molecular formula is C26H32N2O7. The van der Waals surface area contributed by atoms with Crippen molar-refractivity contribution in [3.8, 4) is 17.2 Å². The molecule has 0 spiro atoms. The van der Waals surface area contributed by atoms with Gasteiger partial charge in [-0.25, -0.2) is 0 Å². The zero-order chi connectivity index (χ0) is 25.1. The summed E-state index contributed by atoms with van der Waals surface area (Å²) in [5.41, 5.74) is 0.527. The Bertz CT molecular complexity index is 1110. The fourth-order valence-corrected chi connectivity index (χ4v) is 4.84. The summed E-state index contributed by atoms with van der Waals surface area (Å²) in [5, 5.41) is 10.9. The predicted octanol–water partition coefficient (Wildman–Crippen LogP) is 3.68. The van der Waals surface area contributed by atoms with Crippen molar-refractivity contribution in [3.05, 3.63) is 52.7 Å². The van der Waals surface area contributed by atoms with Gasteiger partial charge in [-0.3, -0.25) is 9.59 Å². The van der Waals surface area contributed by atoms with Crippen molar-refractivity contribution in [3.63, 3.8) is 0 Å². The summed E-state index contributed by atoms with van der Waals surface area (Å²) in [5.74, 6) is 0.0912. The number of furan rings is 1. The smallest absolute Gasteiger partial charge is 0.290 e. The molecule has 1 N–H and O–H groups in total. The van der Waals surface area contributed by atoms with Crippen molar-refractivity contribution < 1.29 is 33.3 Å². The second-order valence-corrected chi connectivity index (χ2v) is 8.76. The molecule has 1 saturated heterocycles. The van der Waals surface area contributed by atoms with Crippen LogP contribution in [0.2, 0.25) is 0 Å². The number of nitrogens with zero attached hydrogens (tertiary/aromatic N) is 2. The first kappa shape index (κ1) is 24.7. The molecule has 2 aliphatic heterocycles. The number of Topliss-reactive ketones (excluding diaryl/α,β-unsaturated/α-hetero) is 1. The summed E-state index contributed by atoms with van der Waals surface area (Å²) in [6, 6.07) is 5.77. The molecule has 188 valence electrons. The molecule has 2 aromatic rings. The zero-order valence-electron chi connectivity index (χ0n) is 20.6. The van der Waals surface area contributed by atoms with Gasteiger partial charge in [-0.2, -0.15) is 0 Å². The molecule has 1 aromatic carbocycles. The minimum atomic E-state index is -0.848. The van der Waals surface area contributed by atoms with Crippen LogP contribution in [0.1, 0.15) is 47.2 Å². The number of piperidine rings is 1. The lowest BCUT2D eigenvalue weighted by Crippen LogP contribution is -2.40. The van der Waals surface area contributed by atoms with E-state index in [4.69, 9.17) is 18.6 Å². The SMILES string of the molecule is COc1cc(C2C(C(=O)c3ccc(C)o3)=C(O)C(=O)N2CCN2CCCCC2)cc(OC)c1OC. The molecule has 0 bridgehead atoms. The molecule has 9 nitrogen and oxygen atoms in total. The molecule has 2 aliphatic rings. The lowest BCUT2D eigenvalue weighted by molar-refractivity contribution is -0.129. The normalized spacial score (nSPS) is 18.8. The molecule has 3 heterocycles. The van der Waals surface area contributed by atoms with Gasteiger partial charge in [0.25, 0.3) is 5.91 Å². The predicted molar refractivity (Wildman–Crippen MR) is 128 cm³/mol. The van der Waals surface area contributed by atoms with Gasteiger partial charge in [0.05, 0.1) is 32.9 Å². The molecular weight excluding hydrogens is 452 g/mol. The largest absolute Gasteiger partial charge is 0.503 e. The topological polar surface area (TPSA) is 102 Å². The van der Waals surface area contributed by atoms with Gasteiger partial charge in [0, 0.05) is 13.1 Å². The van der Waals surface area contributed by atoms with Crippen LogP contribution in [0.4, 0.5) is 0 Å². The molecule has 1 aromatic heterocycles. The fraction of sp³-hybridized carbons (Fsp3) is 0.462. The maximum atomic E-state index is 13.5. The van der Waals surface area contributed by atoms with Crippen LogP contribution in [-0.2, 0) is 4.79 Å². The summed E-state index contributed by atoms with van der Waals surface area (Å²) >= 11 is 0. The number of carbonyl (C=O) groups is 2. The third kappa shape index (κ3) is 4.73. The lowest BCUT2D eigenvalue weighted by Gasteiger charge is -2.32. The number of carbonyl (C=O) groups excluding carboxylic acids is 2. The molecule has 1 amide bonds. The van der Waals surface area contributed by atoms with Gasteiger partial charge in [0.1, 0.15) is 5.76 Å². The Labute approximate surface area is 204 Å². The van der Waals surface area contributed by atoms with Crippen LogP contribution in [-0.4, -0.2) is 74.1 Å². The van der Waals surface area contributed by atoms with Gasteiger partial charge in [0.15, 0.2) is 23.0 Å². The van der Waals surface area contributed by atoms with Crippen LogP contribution in [0.3, 0.4) is 0 Å². The highest BCUT2D eigenvalue weighted by molar-refractivity contribution is 6.15. The van der Waals surface area contributed by atoms with Crippen LogP contribution in [0.15, 0.2) is 40.0 Å². The maximum Gasteiger partial charge on any atom is 0.290 e. The molecule has 1 unspecified atom stereocenters. The number of methoxy groups -OCH3 is 3. The number of aliphatic hydroxyl groups excluding tert-OH is 1. The van der Waals surface area contributed by atoms with Crippen molar-refractivity contribution in [2.24, 2.45) is 0 Å². The van der Waals surface area contributed by atoms with E-state index in [0.29, 0.717) is 41.7 Å². The standard InChI is InChI=1S/C26H32N2O7/c1-16-8-9-18(35-16)23(29)21-22(17-14-19(32-2)25(34-4)20(15-17)33-3)28(26(31)24(21)30)13-12-27-10-6-5-7-11-27/h8-9,14-15,22,30H,5-7,10-13H2,1-4H3. The summed E-state index contributed by atoms with van der Waals surface area (Å²) in [6.07, 6.45) is 3.45. The average Bonchev–Trinajstić information content (AvgIpc) is 3.42. The van der Waals surface area contributed by atoms with Crippen molar-refractivity contribution >= 4 is 11.7 Å². The fourth-order valence-electron chi connectivity index (χ4n) is 4.84. The summed E-state index contributed by atoms with van der Waals surface area (Å²) in [6.45, 7) is 4.65. The first-order valence-corrected chi connectivity index (χ1v) is 11.8. The van der Waals surface area contributed by atoms with E-state index in [1.807, 2.05) is 0 Å². The van der Waals surface area contributed by atoms with Crippen molar-refractivity contribution in [1.29, 1.82) is 0 Å². The zero-order valence-corrected chi connectivity index (χ0v) is 20.6. The number of likely N-dealkylation sites (tertiary alicyclic amines) is 1. The number of hydrogen-bond donors (Lipinski definition) is 1. The van der Waals surface area contributed by atoms with Crippen molar-refractivity contribution in [2.45, 2.75) is 32.2 Å². The maximum absolute atomic E-state index is 13.5. The first-order chi connectivity index (χ1) is 16.9. The highest BCUT2D eigenvalue weighted by Crippen LogP contribution is 2.45. The molecule has 9 heteroatoms. The number of ketones is 1. The Morgan fingerprint density at radius 2 is 1.69 bits per heavy atom. The Hall–Kier alpha value is -3.46. The van der Waals surface area contributed by atoms with Crippen LogP contribution in [0.25, 0.3) is 0 Å². The van der Waals surface area contributed by atoms with E-state index in [1.165, 1.54) is 32.7 Å². The second-order valence-electron chi connectivity index (χ2n) is 8.76. The minimum Gasteiger partial charge on any atom is -0.503 e. The van der Waals surface area contributed by atoms with Crippen molar-refractivity contribution in [2.75, 3.05) is 47.5 Å². The minimum absolute atomic E-state index is 0.0303. The molecule has 1 fully saturated rings. The molecule has 1 atom stereocenters. The van der Waals surface area contributed by atoms with E-state index in [0.717, 1.165) is 25.9 Å². The van der Waals surface area contributed by atoms with E-state index >= 15 is 0 Å². The van der Waals surface area contributed by atoms with Gasteiger partial charge in [-0.15, -0.1) is 0 Å². The molecule has 0 saturated carbocycles. The van der Waals surface area contributed by atoms with Gasteiger partial charge in [0.2, 0.25) is 11.5 Å². The van der Waals surface area contributed by atoms with E-state index in [9.17, 15) is 14.7 Å². The molecule has 0 radical (unpaired) electrons. The van der Waals surface area contributed by atoms with Crippen molar-refractivity contribution in [1.82, 2.24) is 9.80 Å². The first-order valence-electron chi connectivity index (χ1n) is 11.8. The van der Waals surface area contributed by atoms with Gasteiger partial charge >= 0.3 is 0 Å². The summed E-state index contributed by atoms with van der Waals surface area (Å²) in [4.78, 5) is 30.6. The lowest BCUT2D eigenvalue weighted by atomic mass is 9.94. The number of amides is 1. The molecule has 0 aliphatic carbocycles. The van der Waals surface area contributed by atoms with Crippen LogP contribution in [0, 0.1) is 6.92 Å². The van der Waals surface area contributed by atoms with Crippen LogP contribution in [0.5, 0.6) is 17.2 Å². The Morgan fingerprint density at radius 3 is 2.23 bits per heavy atom. The van der Waals surface area contributed by atoms with E-state index < -0.39 is 23.5 Å². The van der Waals surface area contributed by atoms with E-state index in [1.54, 1.807) is 31.2 Å². The number of hydrogen-bond acceptors (Lipinski definition) is 8. The quantitative estimate of drug-likeness (QED) is 0.538. The van der Waals surface area contributed by atoms with E-state index in [-0.39, 0.29) is 11.3 Å². The molecule has 35 heavy (non-hydrogen) atoms. The molecule has 4 rings (SSSR count). The number of benzene rings is 1. The van der Waals surface area contributed by atoms with Gasteiger partial charge < -0.3 is 33.5 Å². The Balaban J connectivity index is 1.77. The van der Waals surface area contributed by atoms with E-state index in [2.05, 4.69) is 4.90 Å². The second kappa shape index (κ2) is 10.4. The van der Waals surface area contributed by atoms with Crippen LogP contribution >= 0.6 is 0 Å². The third-order valence-electron chi connectivity index (χ3n) is 6.62. The van der Waals surface area contributed by atoms with Gasteiger partial charge in [-0.1, -0.05) is 6.42 Å². The highest BCUT2D eigenvalue weighted by atomic mass is 16.5. The third-order valence-corrected chi connectivity index (χ3v) is 6.62.